The lowest BCUT2D eigenvalue weighted by atomic mass is 10.0. The zero-order valence-electron chi connectivity index (χ0n) is 13.5. The summed E-state index contributed by atoms with van der Waals surface area (Å²) >= 11 is 0. The second-order valence-electron chi connectivity index (χ2n) is 5.27. The van der Waals surface area contributed by atoms with Gasteiger partial charge in [0, 0.05) is 19.1 Å². The minimum Gasteiger partial charge on any atom is -0.493 e. The molecule has 0 aromatic heterocycles. The number of nitrogens with zero attached hydrogens (tertiary/aromatic N) is 1. The van der Waals surface area contributed by atoms with E-state index < -0.39 is 0 Å². The Hall–Kier alpha value is -2.04. The third-order valence-corrected chi connectivity index (χ3v) is 3.82. The molecule has 2 rings (SSSR count). The summed E-state index contributed by atoms with van der Waals surface area (Å²) in [4.78, 5) is 2.25. The number of likely N-dealkylation sites (N-methyl/N-ethyl adjacent to an activating group) is 1. The molecule has 0 aliphatic heterocycles. The van der Waals surface area contributed by atoms with Crippen LogP contribution in [0.2, 0.25) is 0 Å². The van der Waals surface area contributed by atoms with Gasteiger partial charge >= 0.3 is 0 Å². The van der Waals surface area contributed by atoms with Gasteiger partial charge in [-0.25, -0.2) is 0 Å². The van der Waals surface area contributed by atoms with Crippen molar-refractivity contribution >= 4 is 0 Å². The van der Waals surface area contributed by atoms with Crippen molar-refractivity contribution in [3.8, 4) is 11.5 Å². The molecule has 4 nitrogen and oxygen atoms in total. The molecule has 1 unspecified atom stereocenters. The molecule has 1 atom stereocenters. The average Bonchev–Trinajstić information content (AvgIpc) is 2.56. The minimum absolute atomic E-state index is 0.125. The first-order valence-corrected chi connectivity index (χ1v) is 7.35. The maximum Gasteiger partial charge on any atom is 0.161 e. The summed E-state index contributed by atoms with van der Waals surface area (Å²) < 4.78 is 10.7. The molecular weight excluding hydrogens is 276 g/mol. The maximum atomic E-state index is 6.01. The van der Waals surface area contributed by atoms with Crippen LogP contribution in [0.3, 0.4) is 0 Å². The molecule has 0 saturated heterocycles. The van der Waals surface area contributed by atoms with Crippen molar-refractivity contribution in [2.45, 2.75) is 12.6 Å². The molecule has 2 aromatic rings. The van der Waals surface area contributed by atoms with Gasteiger partial charge in [0.05, 0.1) is 14.2 Å². The highest BCUT2D eigenvalue weighted by atomic mass is 16.5. The first-order valence-electron chi connectivity index (χ1n) is 7.35. The Labute approximate surface area is 132 Å². The van der Waals surface area contributed by atoms with Crippen molar-refractivity contribution in [2.75, 3.05) is 27.8 Å². The molecule has 2 N–H and O–H groups in total. The summed E-state index contributed by atoms with van der Waals surface area (Å²) in [5, 5.41) is 0. The highest BCUT2D eigenvalue weighted by molar-refractivity contribution is 5.44. The lowest BCUT2D eigenvalue weighted by molar-refractivity contribution is 0.241. The Kier molecular flexibility index (Phi) is 5.81. The Morgan fingerprint density at radius 1 is 1.00 bits per heavy atom. The molecule has 0 saturated carbocycles. The molecule has 0 amide bonds. The lowest BCUT2D eigenvalue weighted by Crippen LogP contribution is -2.30. The van der Waals surface area contributed by atoms with E-state index in [1.807, 2.05) is 24.3 Å². The molecular formula is C18H24N2O2. The van der Waals surface area contributed by atoms with Gasteiger partial charge in [0.15, 0.2) is 11.5 Å². The van der Waals surface area contributed by atoms with Gasteiger partial charge in [-0.1, -0.05) is 36.4 Å². The Morgan fingerprint density at radius 2 is 1.68 bits per heavy atom. The third kappa shape index (κ3) is 3.78. The van der Waals surface area contributed by atoms with E-state index in [9.17, 15) is 0 Å². The molecule has 4 heteroatoms. The largest absolute Gasteiger partial charge is 0.493 e. The number of hydrogen-bond acceptors (Lipinski definition) is 4. The van der Waals surface area contributed by atoms with Crippen LogP contribution >= 0.6 is 0 Å². The van der Waals surface area contributed by atoms with Crippen molar-refractivity contribution in [3.05, 3.63) is 59.7 Å². The first kappa shape index (κ1) is 16.3. The predicted molar refractivity (Wildman–Crippen MR) is 89.3 cm³/mol. The maximum absolute atomic E-state index is 6.01. The van der Waals surface area contributed by atoms with Crippen LogP contribution in [0.15, 0.2) is 48.5 Å². The van der Waals surface area contributed by atoms with E-state index in [-0.39, 0.29) is 6.04 Å². The number of nitrogens with two attached hydrogens (primary N) is 1. The van der Waals surface area contributed by atoms with Crippen molar-refractivity contribution in [3.63, 3.8) is 0 Å². The molecule has 0 aliphatic rings. The van der Waals surface area contributed by atoms with E-state index >= 15 is 0 Å². The molecule has 0 spiro atoms. The number of benzene rings is 2. The monoisotopic (exact) mass is 300 g/mol. The average molecular weight is 300 g/mol. The van der Waals surface area contributed by atoms with Gasteiger partial charge in [0.2, 0.25) is 0 Å². The number of rotatable bonds is 7. The summed E-state index contributed by atoms with van der Waals surface area (Å²) in [6.45, 7) is 1.38. The van der Waals surface area contributed by atoms with Crippen molar-refractivity contribution in [2.24, 2.45) is 5.73 Å². The van der Waals surface area contributed by atoms with Crippen LogP contribution in [0.25, 0.3) is 0 Å². The van der Waals surface area contributed by atoms with Crippen LogP contribution in [0.5, 0.6) is 11.5 Å². The Morgan fingerprint density at radius 3 is 2.27 bits per heavy atom. The van der Waals surface area contributed by atoms with Gasteiger partial charge in [0.25, 0.3) is 0 Å². The Balaban J connectivity index is 2.20. The minimum atomic E-state index is 0.125. The van der Waals surface area contributed by atoms with Crippen LogP contribution in [0.4, 0.5) is 0 Å². The summed E-state index contributed by atoms with van der Waals surface area (Å²) in [5.74, 6) is 1.46. The second kappa shape index (κ2) is 7.82. The van der Waals surface area contributed by atoms with Crippen LogP contribution < -0.4 is 15.2 Å². The fraction of sp³-hybridized carbons (Fsp3) is 0.333. The normalized spacial score (nSPS) is 12.2. The quantitative estimate of drug-likeness (QED) is 0.854. The molecule has 0 bridgehead atoms. The lowest BCUT2D eigenvalue weighted by Gasteiger charge is -2.28. The van der Waals surface area contributed by atoms with E-state index in [1.165, 1.54) is 5.56 Å². The van der Waals surface area contributed by atoms with Crippen LogP contribution in [0.1, 0.15) is 17.2 Å². The Bertz CT molecular complexity index is 587. The summed E-state index contributed by atoms with van der Waals surface area (Å²) in [6.07, 6.45) is 0. The van der Waals surface area contributed by atoms with Gasteiger partial charge in [-0.3, -0.25) is 4.90 Å². The fourth-order valence-corrected chi connectivity index (χ4v) is 2.61. The summed E-state index contributed by atoms with van der Waals surface area (Å²) in [5.41, 5.74) is 8.40. The molecule has 0 fully saturated rings. The second-order valence-corrected chi connectivity index (χ2v) is 5.27. The summed E-state index contributed by atoms with van der Waals surface area (Å²) in [6, 6.07) is 16.5. The first-order chi connectivity index (χ1) is 10.7. The van der Waals surface area contributed by atoms with E-state index in [4.69, 9.17) is 15.2 Å². The fourth-order valence-electron chi connectivity index (χ4n) is 2.61. The van der Waals surface area contributed by atoms with Gasteiger partial charge in [0.1, 0.15) is 0 Å². The van der Waals surface area contributed by atoms with Crippen molar-refractivity contribution < 1.29 is 9.47 Å². The zero-order chi connectivity index (χ0) is 15.9. The van der Waals surface area contributed by atoms with Gasteiger partial charge in [-0.15, -0.1) is 0 Å². The number of hydrogen-bond donors (Lipinski definition) is 1. The number of methoxy groups -OCH3 is 2. The van der Waals surface area contributed by atoms with Crippen LogP contribution in [-0.2, 0) is 6.54 Å². The van der Waals surface area contributed by atoms with Crippen LogP contribution in [-0.4, -0.2) is 32.7 Å². The van der Waals surface area contributed by atoms with Crippen molar-refractivity contribution in [1.29, 1.82) is 0 Å². The molecule has 0 heterocycles. The molecule has 0 aliphatic carbocycles. The molecule has 0 radical (unpaired) electrons. The van der Waals surface area contributed by atoms with E-state index in [1.54, 1.807) is 14.2 Å². The highest BCUT2D eigenvalue weighted by Crippen LogP contribution is 2.31. The van der Waals surface area contributed by atoms with Gasteiger partial charge < -0.3 is 15.2 Å². The van der Waals surface area contributed by atoms with Gasteiger partial charge in [-0.2, -0.15) is 0 Å². The van der Waals surface area contributed by atoms with Gasteiger partial charge in [-0.05, 0) is 30.3 Å². The van der Waals surface area contributed by atoms with E-state index in [0.717, 1.165) is 23.6 Å². The van der Waals surface area contributed by atoms with E-state index in [0.29, 0.717) is 6.54 Å². The number of ether oxygens (including phenoxy) is 2. The summed E-state index contributed by atoms with van der Waals surface area (Å²) in [7, 11) is 5.37. The zero-order valence-corrected chi connectivity index (χ0v) is 13.5. The third-order valence-electron chi connectivity index (χ3n) is 3.82. The SMILES string of the molecule is COc1ccc(C(CN)N(C)Cc2ccccc2)cc1OC. The predicted octanol–water partition coefficient (Wildman–Crippen LogP) is 2.84. The topological polar surface area (TPSA) is 47.7 Å². The molecule has 2 aromatic carbocycles. The van der Waals surface area contributed by atoms with Crippen molar-refractivity contribution in [1.82, 2.24) is 4.90 Å². The standard InChI is InChI=1S/C18H24N2O2/c1-20(13-14-7-5-4-6-8-14)16(12-19)15-9-10-17(21-2)18(11-15)22-3/h4-11,16H,12-13,19H2,1-3H3. The molecule has 22 heavy (non-hydrogen) atoms. The smallest absolute Gasteiger partial charge is 0.161 e. The molecule has 118 valence electrons. The van der Waals surface area contributed by atoms with E-state index in [2.05, 4.69) is 36.2 Å². The van der Waals surface area contributed by atoms with Crippen LogP contribution in [0, 0.1) is 0 Å². The highest BCUT2D eigenvalue weighted by Gasteiger charge is 2.17.